The third-order valence-electron chi connectivity index (χ3n) is 3.67. The van der Waals surface area contributed by atoms with E-state index in [-0.39, 0.29) is 0 Å². The molecule has 0 spiro atoms. The van der Waals surface area contributed by atoms with E-state index in [9.17, 15) is 0 Å². The predicted molar refractivity (Wildman–Crippen MR) is 76.6 cm³/mol. The molecule has 18 heavy (non-hydrogen) atoms. The Labute approximate surface area is 112 Å². The Kier molecular flexibility index (Phi) is 3.46. The molecular formula is C15H18N2S. The Morgan fingerprint density at radius 2 is 2.00 bits per heavy atom. The van der Waals surface area contributed by atoms with Gasteiger partial charge in [0.15, 0.2) is 0 Å². The molecule has 3 heteroatoms. The van der Waals surface area contributed by atoms with E-state index in [1.54, 1.807) is 0 Å². The molecule has 1 atom stereocenters. The second-order valence-corrected chi connectivity index (χ2v) is 5.88. The molecule has 2 heterocycles. The van der Waals surface area contributed by atoms with E-state index >= 15 is 0 Å². The highest BCUT2D eigenvalue weighted by molar-refractivity contribution is 7.09. The minimum absolute atomic E-state index is 0.474. The van der Waals surface area contributed by atoms with Crippen LogP contribution < -0.4 is 5.73 Å². The molecule has 0 radical (unpaired) electrons. The first-order chi connectivity index (χ1) is 8.86. The van der Waals surface area contributed by atoms with E-state index < -0.39 is 0 Å². The van der Waals surface area contributed by atoms with E-state index in [0.717, 1.165) is 26.1 Å². The second kappa shape index (κ2) is 5.22. The van der Waals surface area contributed by atoms with Gasteiger partial charge in [-0.25, -0.2) is 0 Å². The van der Waals surface area contributed by atoms with Crippen LogP contribution in [0.4, 0.5) is 0 Å². The van der Waals surface area contributed by atoms with Crippen molar-refractivity contribution in [1.29, 1.82) is 0 Å². The molecule has 1 aliphatic rings. The van der Waals surface area contributed by atoms with Gasteiger partial charge in [0.1, 0.15) is 0 Å². The van der Waals surface area contributed by atoms with E-state index in [1.165, 1.54) is 16.0 Å². The molecule has 1 aromatic heterocycles. The lowest BCUT2D eigenvalue weighted by atomic mass is 9.94. The minimum Gasteiger partial charge on any atom is -0.329 e. The maximum atomic E-state index is 5.94. The zero-order valence-corrected chi connectivity index (χ0v) is 11.2. The quantitative estimate of drug-likeness (QED) is 0.917. The summed E-state index contributed by atoms with van der Waals surface area (Å²) >= 11 is 1.83. The SMILES string of the molecule is NCC1Cc2ccccc2CN1Cc1cccs1. The van der Waals surface area contributed by atoms with Crippen LogP contribution >= 0.6 is 11.3 Å². The van der Waals surface area contributed by atoms with Crippen molar-refractivity contribution in [2.45, 2.75) is 25.6 Å². The molecule has 0 aliphatic carbocycles. The molecule has 2 aromatic rings. The maximum absolute atomic E-state index is 5.94. The maximum Gasteiger partial charge on any atom is 0.0335 e. The molecule has 94 valence electrons. The fourth-order valence-electron chi connectivity index (χ4n) is 2.66. The fourth-order valence-corrected chi connectivity index (χ4v) is 3.39. The Hall–Kier alpha value is -1.16. The summed E-state index contributed by atoms with van der Waals surface area (Å²) in [5.41, 5.74) is 8.87. The van der Waals surface area contributed by atoms with Gasteiger partial charge in [0.25, 0.3) is 0 Å². The highest BCUT2D eigenvalue weighted by Gasteiger charge is 2.24. The number of fused-ring (bicyclic) bond motifs is 1. The van der Waals surface area contributed by atoms with Gasteiger partial charge in [-0.05, 0) is 29.0 Å². The highest BCUT2D eigenvalue weighted by atomic mass is 32.1. The van der Waals surface area contributed by atoms with Gasteiger partial charge in [-0.15, -0.1) is 11.3 Å². The van der Waals surface area contributed by atoms with E-state index in [0.29, 0.717) is 6.04 Å². The largest absolute Gasteiger partial charge is 0.329 e. The van der Waals surface area contributed by atoms with E-state index in [1.807, 2.05) is 11.3 Å². The lowest BCUT2D eigenvalue weighted by molar-refractivity contribution is 0.168. The molecular weight excluding hydrogens is 240 g/mol. The monoisotopic (exact) mass is 258 g/mol. The van der Waals surface area contributed by atoms with Gasteiger partial charge in [0.2, 0.25) is 0 Å². The Balaban J connectivity index is 1.82. The molecule has 0 saturated carbocycles. The summed E-state index contributed by atoms with van der Waals surface area (Å²) < 4.78 is 0. The number of hydrogen-bond donors (Lipinski definition) is 1. The molecule has 3 rings (SSSR count). The van der Waals surface area contributed by atoms with Crippen LogP contribution in [0.2, 0.25) is 0 Å². The molecule has 0 amide bonds. The average Bonchev–Trinajstić information content (AvgIpc) is 2.91. The van der Waals surface area contributed by atoms with Crippen molar-refractivity contribution in [3.8, 4) is 0 Å². The Morgan fingerprint density at radius 1 is 1.17 bits per heavy atom. The molecule has 0 saturated heterocycles. The van der Waals surface area contributed by atoms with E-state index in [4.69, 9.17) is 5.73 Å². The summed E-state index contributed by atoms with van der Waals surface area (Å²) in [6, 6.07) is 13.5. The number of hydrogen-bond acceptors (Lipinski definition) is 3. The van der Waals surface area contributed by atoms with Crippen molar-refractivity contribution in [1.82, 2.24) is 4.90 Å². The molecule has 2 N–H and O–H groups in total. The van der Waals surface area contributed by atoms with Crippen molar-refractivity contribution in [2.24, 2.45) is 5.73 Å². The van der Waals surface area contributed by atoms with Gasteiger partial charge >= 0.3 is 0 Å². The molecule has 2 nitrogen and oxygen atoms in total. The van der Waals surface area contributed by atoms with Crippen LogP contribution in [0.25, 0.3) is 0 Å². The number of nitrogens with zero attached hydrogens (tertiary/aromatic N) is 1. The van der Waals surface area contributed by atoms with Crippen molar-refractivity contribution < 1.29 is 0 Å². The first-order valence-electron chi connectivity index (χ1n) is 6.40. The van der Waals surface area contributed by atoms with Crippen LogP contribution in [0.3, 0.4) is 0 Å². The molecule has 1 aliphatic heterocycles. The smallest absolute Gasteiger partial charge is 0.0335 e. The zero-order valence-electron chi connectivity index (χ0n) is 10.4. The van der Waals surface area contributed by atoms with Crippen LogP contribution in [0, 0.1) is 0 Å². The lowest BCUT2D eigenvalue weighted by Crippen LogP contribution is -2.44. The minimum atomic E-state index is 0.474. The number of thiophene rings is 1. The molecule has 1 unspecified atom stereocenters. The summed E-state index contributed by atoms with van der Waals surface area (Å²) in [6.07, 6.45) is 1.08. The average molecular weight is 258 g/mol. The normalized spacial score (nSPS) is 19.7. The first kappa shape index (κ1) is 11.9. The molecule has 0 bridgehead atoms. The molecule has 0 fully saturated rings. The van der Waals surface area contributed by atoms with E-state index in [2.05, 4.69) is 46.7 Å². The summed E-state index contributed by atoms with van der Waals surface area (Å²) in [5.74, 6) is 0. The number of nitrogens with two attached hydrogens (primary N) is 1. The van der Waals surface area contributed by atoms with Crippen molar-refractivity contribution in [3.05, 3.63) is 57.8 Å². The van der Waals surface area contributed by atoms with Crippen LogP contribution in [0.15, 0.2) is 41.8 Å². The first-order valence-corrected chi connectivity index (χ1v) is 7.28. The standard InChI is InChI=1S/C15H18N2S/c16-9-14-8-12-4-1-2-5-13(12)10-17(14)11-15-6-3-7-18-15/h1-7,14H,8-11,16H2. The van der Waals surface area contributed by atoms with Gasteiger partial charge in [-0.2, -0.15) is 0 Å². The van der Waals surface area contributed by atoms with Crippen LogP contribution in [0.1, 0.15) is 16.0 Å². The highest BCUT2D eigenvalue weighted by Crippen LogP contribution is 2.25. The third kappa shape index (κ3) is 2.34. The number of rotatable bonds is 3. The fraction of sp³-hybridized carbons (Fsp3) is 0.333. The van der Waals surface area contributed by atoms with Crippen molar-refractivity contribution >= 4 is 11.3 Å². The Bertz CT molecular complexity index is 507. The lowest BCUT2D eigenvalue weighted by Gasteiger charge is -2.36. The van der Waals surface area contributed by atoms with Gasteiger partial charge in [0, 0.05) is 30.6 Å². The summed E-state index contributed by atoms with van der Waals surface area (Å²) in [6.45, 7) is 2.78. The van der Waals surface area contributed by atoms with Crippen LogP contribution in [-0.2, 0) is 19.5 Å². The molecule has 1 aromatic carbocycles. The van der Waals surface area contributed by atoms with Gasteiger partial charge in [-0.1, -0.05) is 30.3 Å². The third-order valence-corrected chi connectivity index (χ3v) is 4.54. The van der Waals surface area contributed by atoms with Crippen LogP contribution in [-0.4, -0.2) is 17.5 Å². The van der Waals surface area contributed by atoms with Gasteiger partial charge in [0.05, 0.1) is 0 Å². The second-order valence-electron chi connectivity index (χ2n) is 4.85. The number of benzene rings is 1. The van der Waals surface area contributed by atoms with Crippen molar-refractivity contribution in [2.75, 3.05) is 6.54 Å². The topological polar surface area (TPSA) is 29.3 Å². The van der Waals surface area contributed by atoms with Gasteiger partial charge in [-0.3, -0.25) is 4.90 Å². The predicted octanol–water partition coefficient (Wildman–Crippen LogP) is 2.63. The van der Waals surface area contributed by atoms with Crippen molar-refractivity contribution in [3.63, 3.8) is 0 Å². The Morgan fingerprint density at radius 3 is 2.72 bits per heavy atom. The zero-order chi connectivity index (χ0) is 12.4. The summed E-state index contributed by atoms with van der Waals surface area (Å²) in [5, 5.41) is 2.14. The van der Waals surface area contributed by atoms with Gasteiger partial charge < -0.3 is 5.73 Å². The summed E-state index contributed by atoms with van der Waals surface area (Å²) in [7, 11) is 0. The van der Waals surface area contributed by atoms with Crippen LogP contribution in [0.5, 0.6) is 0 Å². The summed E-state index contributed by atoms with van der Waals surface area (Å²) in [4.78, 5) is 3.93.